The van der Waals surface area contributed by atoms with E-state index in [1.165, 1.54) is 16.6 Å². The van der Waals surface area contributed by atoms with Crippen LogP contribution in [0.25, 0.3) is 10.9 Å². The minimum atomic E-state index is -1.17. The summed E-state index contributed by atoms with van der Waals surface area (Å²) in [5, 5.41) is 35.3. The van der Waals surface area contributed by atoms with Gasteiger partial charge in [0, 0.05) is 33.8 Å². The predicted molar refractivity (Wildman–Crippen MR) is 170 cm³/mol. The topological polar surface area (TPSA) is 117 Å². The van der Waals surface area contributed by atoms with Gasteiger partial charge in [0.25, 0.3) is 0 Å². The van der Waals surface area contributed by atoms with Crippen LogP contribution in [0.3, 0.4) is 0 Å². The number of fused-ring (bicyclic) bond motifs is 9. The molecule has 246 valence electrons. The highest BCUT2D eigenvalue weighted by Crippen LogP contribution is 2.75. The van der Waals surface area contributed by atoms with Crippen LogP contribution in [-0.2, 0) is 37.2 Å². The molecule has 3 aliphatic heterocycles. The van der Waals surface area contributed by atoms with Crippen LogP contribution in [0.2, 0.25) is 0 Å². The minimum Gasteiger partial charge on any atom is -0.390 e. The lowest BCUT2D eigenvalue weighted by molar-refractivity contribution is -0.343. The number of aromatic nitrogens is 1. The van der Waals surface area contributed by atoms with Gasteiger partial charge in [0.2, 0.25) is 0 Å². The van der Waals surface area contributed by atoms with Gasteiger partial charge in [-0.2, -0.15) is 0 Å². The van der Waals surface area contributed by atoms with Crippen molar-refractivity contribution in [1.82, 2.24) is 4.98 Å². The molecule has 45 heavy (non-hydrogen) atoms. The molecule has 0 radical (unpaired) electrons. The average Bonchev–Trinajstić information content (AvgIpc) is 3.52. The van der Waals surface area contributed by atoms with Crippen molar-refractivity contribution in [3.05, 3.63) is 46.7 Å². The molecule has 1 spiro atoms. The van der Waals surface area contributed by atoms with Crippen LogP contribution in [0.15, 0.2) is 29.8 Å². The Morgan fingerprint density at radius 3 is 2.53 bits per heavy atom. The number of aliphatic hydroxyl groups excluding tert-OH is 1. The van der Waals surface area contributed by atoms with E-state index < -0.39 is 40.2 Å². The van der Waals surface area contributed by atoms with Crippen molar-refractivity contribution < 1.29 is 34.3 Å². The van der Waals surface area contributed by atoms with Gasteiger partial charge in [-0.05, 0) is 103 Å². The Morgan fingerprint density at radius 1 is 1.07 bits per heavy atom. The van der Waals surface area contributed by atoms with Crippen LogP contribution in [0.1, 0.15) is 97.9 Å². The Kier molecular flexibility index (Phi) is 6.26. The molecule has 1 aromatic carbocycles. The summed E-state index contributed by atoms with van der Waals surface area (Å²) in [5.41, 5.74) is 1.35. The first-order valence-corrected chi connectivity index (χ1v) is 17.0. The normalized spacial score (nSPS) is 45.0. The highest BCUT2D eigenvalue weighted by Gasteiger charge is 2.87. The standard InChI is InChI=1S/C37H51NO7/c1-19(2)15-27-43-28-30(33(5,6)44-27)42-26-12-13-34(7)35(8)21(11-14-36(34,41)37(26)31(28)45-37)18-23-22-10-9-20(16-24(22)38-29(23)35)17-25(39)32(3,4)40/h9-10,15-16,21,25-28,30-31,38-41H,11-14,17-18H2,1-8H3. The molecule has 5 fully saturated rings. The van der Waals surface area contributed by atoms with E-state index in [0.717, 1.165) is 42.3 Å². The summed E-state index contributed by atoms with van der Waals surface area (Å²) in [5.74, 6) is 0.410. The number of epoxide rings is 1. The number of nitrogens with one attached hydrogen (secondary N) is 1. The highest BCUT2D eigenvalue weighted by molar-refractivity contribution is 5.87. The first-order valence-electron chi connectivity index (χ1n) is 17.0. The number of rotatable bonds is 4. The van der Waals surface area contributed by atoms with Crippen molar-refractivity contribution in [3.63, 3.8) is 0 Å². The van der Waals surface area contributed by atoms with Crippen LogP contribution in [-0.4, -0.2) is 79.5 Å². The first kappa shape index (κ1) is 30.5. The molecule has 6 aliphatic rings. The maximum absolute atomic E-state index is 13.2. The van der Waals surface area contributed by atoms with Crippen molar-refractivity contribution in [2.45, 2.75) is 159 Å². The number of ether oxygens (including phenoxy) is 4. The van der Waals surface area contributed by atoms with Crippen molar-refractivity contribution in [2.24, 2.45) is 11.3 Å². The number of allylic oxidation sites excluding steroid dienone is 1. The summed E-state index contributed by atoms with van der Waals surface area (Å²) in [7, 11) is 0. The molecule has 0 bridgehead atoms. The van der Waals surface area contributed by atoms with Crippen LogP contribution < -0.4 is 0 Å². The van der Waals surface area contributed by atoms with Crippen LogP contribution in [0.5, 0.6) is 0 Å². The second-order valence-electron chi connectivity index (χ2n) is 16.9. The van der Waals surface area contributed by atoms with E-state index >= 15 is 0 Å². The fraction of sp³-hybridized carbons (Fsp3) is 0.730. The second-order valence-corrected chi connectivity index (χ2v) is 16.9. The first-order chi connectivity index (χ1) is 21.0. The van der Waals surface area contributed by atoms with Crippen LogP contribution in [0, 0.1) is 11.3 Å². The van der Waals surface area contributed by atoms with E-state index in [-0.39, 0.29) is 29.8 Å². The fourth-order valence-electron chi connectivity index (χ4n) is 10.7. The maximum Gasteiger partial charge on any atom is 0.178 e. The van der Waals surface area contributed by atoms with Gasteiger partial charge in [-0.15, -0.1) is 0 Å². The van der Waals surface area contributed by atoms with E-state index in [2.05, 4.69) is 50.9 Å². The van der Waals surface area contributed by atoms with Gasteiger partial charge in [-0.25, -0.2) is 0 Å². The van der Waals surface area contributed by atoms with E-state index in [0.29, 0.717) is 18.8 Å². The van der Waals surface area contributed by atoms with Gasteiger partial charge in [0.15, 0.2) is 11.9 Å². The van der Waals surface area contributed by atoms with Crippen molar-refractivity contribution in [2.75, 3.05) is 0 Å². The molecule has 2 saturated carbocycles. The van der Waals surface area contributed by atoms with Gasteiger partial charge in [-0.3, -0.25) is 0 Å². The average molecular weight is 622 g/mol. The Bertz CT molecular complexity index is 1580. The van der Waals surface area contributed by atoms with Crippen molar-refractivity contribution >= 4 is 10.9 Å². The number of benzene rings is 1. The zero-order valence-electron chi connectivity index (χ0n) is 28.1. The third kappa shape index (κ3) is 3.79. The summed E-state index contributed by atoms with van der Waals surface area (Å²) in [6.45, 7) is 16.2. The number of H-pyrrole nitrogens is 1. The monoisotopic (exact) mass is 621 g/mol. The molecule has 4 N–H and O–H groups in total. The molecule has 8 rings (SSSR count). The summed E-state index contributed by atoms with van der Waals surface area (Å²) in [4.78, 5) is 3.85. The molecule has 3 saturated heterocycles. The summed E-state index contributed by atoms with van der Waals surface area (Å²) in [6, 6.07) is 6.37. The highest BCUT2D eigenvalue weighted by atomic mass is 16.8. The molecule has 4 heterocycles. The van der Waals surface area contributed by atoms with E-state index in [9.17, 15) is 15.3 Å². The minimum absolute atomic E-state index is 0.221. The van der Waals surface area contributed by atoms with E-state index in [4.69, 9.17) is 18.9 Å². The van der Waals surface area contributed by atoms with Gasteiger partial charge in [-0.1, -0.05) is 31.6 Å². The maximum atomic E-state index is 13.2. The number of hydrogen-bond donors (Lipinski definition) is 4. The number of hydrogen-bond acceptors (Lipinski definition) is 7. The molecule has 3 aliphatic carbocycles. The zero-order valence-corrected chi connectivity index (χ0v) is 28.1. The summed E-state index contributed by atoms with van der Waals surface area (Å²) >= 11 is 0. The van der Waals surface area contributed by atoms with Crippen LogP contribution in [0.4, 0.5) is 0 Å². The van der Waals surface area contributed by atoms with Gasteiger partial charge < -0.3 is 39.3 Å². The fourth-order valence-corrected chi connectivity index (χ4v) is 10.7. The Labute approximate surface area is 266 Å². The molecular formula is C37H51NO7. The lowest BCUT2D eigenvalue weighted by Gasteiger charge is -2.66. The molecule has 2 aromatic rings. The summed E-state index contributed by atoms with van der Waals surface area (Å²) in [6.07, 6.45) is 4.18. The molecule has 8 nitrogen and oxygen atoms in total. The second kappa shape index (κ2) is 9.22. The van der Waals surface area contributed by atoms with Crippen molar-refractivity contribution in [1.29, 1.82) is 0 Å². The number of aliphatic hydroxyl groups is 3. The molecule has 11 unspecified atom stereocenters. The molecule has 8 heteroatoms. The Morgan fingerprint density at radius 2 is 1.82 bits per heavy atom. The van der Waals surface area contributed by atoms with E-state index in [1.54, 1.807) is 13.8 Å². The van der Waals surface area contributed by atoms with Crippen molar-refractivity contribution in [3.8, 4) is 0 Å². The molecule has 0 amide bonds. The molecule has 1 aromatic heterocycles. The Balaban J connectivity index is 1.16. The number of aromatic amines is 1. The summed E-state index contributed by atoms with van der Waals surface area (Å²) < 4.78 is 26.6. The smallest absolute Gasteiger partial charge is 0.178 e. The van der Waals surface area contributed by atoms with Crippen LogP contribution >= 0.6 is 0 Å². The van der Waals surface area contributed by atoms with Gasteiger partial charge >= 0.3 is 0 Å². The van der Waals surface area contributed by atoms with E-state index in [1.807, 2.05) is 19.9 Å². The lowest BCUT2D eigenvalue weighted by Crippen LogP contribution is -2.77. The molecule has 11 atom stereocenters. The third-order valence-electron chi connectivity index (χ3n) is 13.4. The molecular weight excluding hydrogens is 570 g/mol. The predicted octanol–water partition coefficient (Wildman–Crippen LogP) is 4.99. The third-order valence-corrected chi connectivity index (χ3v) is 13.4. The Hall–Kier alpha value is -1.78. The lowest BCUT2D eigenvalue weighted by atomic mass is 9.40. The SMILES string of the molecule is CC(C)=CC1OC2C(OC3CCC4(C)C5(C)c6[nH]c7cc(CC(O)C(C)(C)O)ccc7c6CC5CCC4(O)C34OC24)C(C)(C)O1. The van der Waals surface area contributed by atoms with Gasteiger partial charge in [0.1, 0.15) is 23.9 Å². The quantitative estimate of drug-likeness (QED) is 0.281. The largest absolute Gasteiger partial charge is 0.390 e. The van der Waals surface area contributed by atoms with Gasteiger partial charge in [0.05, 0.1) is 23.4 Å². The zero-order chi connectivity index (χ0) is 32.1.